The summed E-state index contributed by atoms with van der Waals surface area (Å²) in [4.78, 5) is 36.7. The zero-order valence-corrected chi connectivity index (χ0v) is 11.0. The number of nitrogens with one attached hydrogen (secondary N) is 1. The van der Waals surface area contributed by atoms with Gasteiger partial charge in [-0.3, -0.25) is 4.79 Å². The molecule has 1 fully saturated rings. The molecule has 0 saturated carbocycles. The minimum Gasteiger partial charge on any atom is -0.480 e. The van der Waals surface area contributed by atoms with E-state index in [0.717, 1.165) is 4.90 Å². The molecule has 0 aromatic carbocycles. The van der Waals surface area contributed by atoms with Gasteiger partial charge in [0.1, 0.15) is 6.04 Å². The highest BCUT2D eigenvalue weighted by atomic mass is 16.4. The van der Waals surface area contributed by atoms with E-state index in [0.29, 0.717) is 6.54 Å². The SMILES string of the molecule is CCN(C)C(=O)CNC(=O)N1C[C@@H](O)C[C@H]1C(=O)O. The Labute approximate surface area is 111 Å². The first-order valence-corrected chi connectivity index (χ1v) is 6.06. The molecule has 1 aliphatic rings. The summed E-state index contributed by atoms with van der Waals surface area (Å²) in [5, 5.41) is 20.7. The van der Waals surface area contributed by atoms with E-state index in [1.165, 1.54) is 4.90 Å². The summed E-state index contributed by atoms with van der Waals surface area (Å²) in [6.45, 7) is 2.09. The molecular formula is C11H19N3O5. The van der Waals surface area contributed by atoms with Crippen molar-refractivity contribution >= 4 is 17.9 Å². The molecular weight excluding hydrogens is 254 g/mol. The van der Waals surface area contributed by atoms with Gasteiger partial charge in [-0.15, -0.1) is 0 Å². The zero-order chi connectivity index (χ0) is 14.6. The van der Waals surface area contributed by atoms with E-state index in [4.69, 9.17) is 5.11 Å². The predicted molar refractivity (Wildman–Crippen MR) is 65.5 cm³/mol. The summed E-state index contributed by atoms with van der Waals surface area (Å²) in [6, 6.07) is -1.70. The van der Waals surface area contributed by atoms with Crippen LogP contribution in [-0.2, 0) is 9.59 Å². The molecule has 0 spiro atoms. The fourth-order valence-corrected chi connectivity index (χ4v) is 1.84. The fourth-order valence-electron chi connectivity index (χ4n) is 1.84. The number of carboxylic acids is 1. The molecule has 19 heavy (non-hydrogen) atoms. The van der Waals surface area contributed by atoms with Crippen LogP contribution >= 0.6 is 0 Å². The Morgan fingerprint density at radius 1 is 1.42 bits per heavy atom. The molecule has 3 amide bonds. The Morgan fingerprint density at radius 2 is 2.05 bits per heavy atom. The summed E-state index contributed by atoms with van der Waals surface area (Å²) in [5.41, 5.74) is 0. The molecule has 108 valence electrons. The number of carboxylic acid groups (broad SMARTS) is 1. The summed E-state index contributed by atoms with van der Waals surface area (Å²) in [6.07, 6.45) is -0.841. The molecule has 1 saturated heterocycles. The van der Waals surface area contributed by atoms with Gasteiger partial charge in [0.25, 0.3) is 0 Å². The van der Waals surface area contributed by atoms with Gasteiger partial charge in [-0.05, 0) is 6.92 Å². The molecule has 0 aliphatic carbocycles. The highest BCUT2D eigenvalue weighted by molar-refractivity contribution is 5.87. The number of carbonyl (C=O) groups is 3. The van der Waals surface area contributed by atoms with Crippen LogP contribution in [-0.4, -0.2) is 76.7 Å². The van der Waals surface area contributed by atoms with Crippen LogP contribution in [0.15, 0.2) is 0 Å². The Kier molecular flexibility index (Phi) is 5.11. The molecule has 0 aromatic heterocycles. The number of rotatable bonds is 4. The number of aliphatic hydroxyl groups excluding tert-OH is 1. The second-order valence-corrected chi connectivity index (χ2v) is 4.46. The van der Waals surface area contributed by atoms with Gasteiger partial charge >= 0.3 is 12.0 Å². The minimum absolute atomic E-state index is 0.00552. The van der Waals surface area contributed by atoms with Gasteiger partial charge in [-0.25, -0.2) is 9.59 Å². The van der Waals surface area contributed by atoms with E-state index >= 15 is 0 Å². The fraction of sp³-hybridized carbons (Fsp3) is 0.727. The largest absolute Gasteiger partial charge is 0.480 e. The molecule has 8 heteroatoms. The predicted octanol–water partition coefficient (Wildman–Crippen LogP) is -1.31. The summed E-state index contributed by atoms with van der Waals surface area (Å²) in [7, 11) is 1.61. The standard InChI is InChI=1S/C11H19N3O5/c1-3-13(2)9(16)5-12-11(19)14-6-7(15)4-8(14)10(17)18/h7-8,15H,3-6H2,1-2H3,(H,12,19)(H,17,18)/t7-,8-/m0/s1. The van der Waals surface area contributed by atoms with E-state index in [1.807, 2.05) is 0 Å². The normalized spacial score (nSPS) is 22.2. The molecule has 0 aromatic rings. The second-order valence-electron chi connectivity index (χ2n) is 4.46. The van der Waals surface area contributed by atoms with Crippen LogP contribution in [0.2, 0.25) is 0 Å². The van der Waals surface area contributed by atoms with Crippen molar-refractivity contribution in [1.82, 2.24) is 15.1 Å². The van der Waals surface area contributed by atoms with Crippen LogP contribution in [0, 0.1) is 0 Å². The Hall–Kier alpha value is -1.83. The number of likely N-dealkylation sites (N-methyl/N-ethyl adjacent to an activating group) is 1. The first kappa shape index (κ1) is 15.2. The number of urea groups is 1. The number of nitrogens with zero attached hydrogens (tertiary/aromatic N) is 2. The number of hydrogen-bond donors (Lipinski definition) is 3. The summed E-state index contributed by atoms with van der Waals surface area (Å²) in [5.74, 6) is -1.42. The van der Waals surface area contributed by atoms with E-state index in [2.05, 4.69) is 5.32 Å². The number of likely N-dealkylation sites (tertiary alicyclic amines) is 1. The van der Waals surface area contributed by atoms with Gasteiger partial charge in [0, 0.05) is 26.6 Å². The Bertz CT molecular complexity index is 373. The van der Waals surface area contributed by atoms with Crippen molar-refractivity contribution in [3.63, 3.8) is 0 Å². The third kappa shape index (κ3) is 3.82. The van der Waals surface area contributed by atoms with E-state index in [-0.39, 0.29) is 25.4 Å². The average Bonchev–Trinajstić information content (AvgIpc) is 2.76. The number of β-amino-alcohol motifs (C(OH)–C–C–N with tert-alkyl or cyclic N) is 1. The van der Waals surface area contributed by atoms with E-state index in [1.54, 1.807) is 14.0 Å². The van der Waals surface area contributed by atoms with Crippen LogP contribution in [0.1, 0.15) is 13.3 Å². The van der Waals surface area contributed by atoms with Crippen LogP contribution in [0.5, 0.6) is 0 Å². The van der Waals surface area contributed by atoms with E-state index in [9.17, 15) is 19.5 Å². The molecule has 3 N–H and O–H groups in total. The number of amides is 3. The van der Waals surface area contributed by atoms with Crippen molar-refractivity contribution in [2.75, 3.05) is 26.7 Å². The maximum absolute atomic E-state index is 11.8. The van der Waals surface area contributed by atoms with Crippen molar-refractivity contribution in [3.8, 4) is 0 Å². The lowest BCUT2D eigenvalue weighted by Crippen LogP contribution is -2.48. The zero-order valence-electron chi connectivity index (χ0n) is 11.0. The monoisotopic (exact) mass is 273 g/mol. The highest BCUT2D eigenvalue weighted by Crippen LogP contribution is 2.17. The van der Waals surface area contributed by atoms with Crippen molar-refractivity contribution in [2.45, 2.75) is 25.5 Å². The quantitative estimate of drug-likeness (QED) is 0.589. The Balaban J connectivity index is 2.53. The first-order valence-electron chi connectivity index (χ1n) is 6.06. The third-order valence-electron chi connectivity index (χ3n) is 3.12. The van der Waals surface area contributed by atoms with E-state index < -0.39 is 24.1 Å². The highest BCUT2D eigenvalue weighted by Gasteiger charge is 2.38. The second kappa shape index (κ2) is 6.37. The minimum atomic E-state index is -1.16. The maximum Gasteiger partial charge on any atom is 0.326 e. The third-order valence-corrected chi connectivity index (χ3v) is 3.12. The van der Waals surface area contributed by atoms with Crippen LogP contribution < -0.4 is 5.32 Å². The van der Waals surface area contributed by atoms with Gasteiger partial charge in [0.2, 0.25) is 5.91 Å². The van der Waals surface area contributed by atoms with Gasteiger partial charge in [0.05, 0.1) is 12.6 Å². The smallest absolute Gasteiger partial charge is 0.326 e. The molecule has 1 aliphatic heterocycles. The summed E-state index contributed by atoms with van der Waals surface area (Å²) < 4.78 is 0. The van der Waals surface area contributed by atoms with Crippen LogP contribution in [0.4, 0.5) is 4.79 Å². The summed E-state index contributed by atoms with van der Waals surface area (Å²) >= 11 is 0. The topological polar surface area (TPSA) is 110 Å². The van der Waals surface area contributed by atoms with Gasteiger partial charge in [-0.2, -0.15) is 0 Å². The maximum atomic E-state index is 11.8. The van der Waals surface area contributed by atoms with Crippen molar-refractivity contribution in [3.05, 3.63) is 0 Å². The lowest BCUT2D eigenvalue weighted by molar-refractivity contribution is -0.141. The van der Waals surface area contributed by atoms with Crippen molar-refractivity contribution in [2.24, 2.45) is 0 Å². The molecule has 1 heterocycles. The van der Waals surface area contributed by atoms with Crippen LogP contribution in [0.25, 0.3) is 0 Å². The average molecular weight is 273 g/mol. The van der Waals surface area contributed by atoms with Crippen molar-refractivity contribution < 1.29 is 24.6 Å². The molecule has 2 atom stereocenters. The number of aliphatic carboxylic acids is 1. The van der Waals surface area contributed by atoms with Gasteiger partial charge < -0.3 is 25.3 Å². The van der Waals surface area contributed by atoms with Gasteiger partial charge in [-0.1, -0.05) is 0 Å². The number of hydrogen-bond acceptors (Lipinski definition) is 4. The molecule has 0 unspecified atom stereocenters. The molecule has 0 radical (unpaired) electrons. The molecule has 0 bridgehead atoms. The Morgan fingerprint density at radius 3 is 2.58 bits per heavy atom. The molecule has 8 nitrogen and oxygen atoms in total. The molecule has 1 rings (SSSR count). The van der Waals surface area contributed by atoms with Crippen LogP contribution in [0.3, 0.4) is 0 Å². The van der Waals surface area contributed by atoms with Crippen molar-refractivity contribution in [1.29, 1.82) is 0 Å². The first-order chi connectivity index (χ1) is 8.86. The lowest BCUT2D eigenvalue weighted by Gasteiger charge is -2.22. The number of carbonyl (C=O) groups excluding carboxylic acids is 2. The lowest BCUT2D eigenvalue weighted by atomic mass is 10.2. The number of aliphatic hydroxyl groups is 1. The van der Waals surface area contributed by atoms with Gasteiger partial charge in [0.15, 0.2) is 0 Å².